The summed E-state index contributed by atoms with van der Waals surface area (Å²) in [5.41, 5.74) is 2.04. The van der Waals surface area contributed by atoms with E-state index in [0.717, 1.165) is 11.5 Å². The van der Waals surface area contributed by atoms with Crippen LogP contribution < -0.4 is 0 Å². The molecule has 0 bridgehead atoms. The highest BCUT2D eigenvalue weighted by Gasteiger charge is 2.48. The molecule has 0 aromatic heterocycles. The summed E-state index contributed by atoms with van der Waals surface area (Å²) in [4.78, 5) is 12.9. The standard InChI is InChI=1S/C25H48O4Si2/c1-17(2)31(18(3)4,19(5)6)28-21-14-20(7)15-23(22(16-21)24(26)27-11)29-30(12,13)25(8,9)10/h14,17-20H,15-16H2,1-13H3/t20-/m0/s1. The predicted molar refractivity (Wildman–Crippen MR) is 136 cm³/mol. The van der Waals surface area contributed by atoms with Crippen LogP contribution in [0, 0.1) is 5.92 Å². The van der Waals surface area contributed by atoms with Gasteiger partial charge in [0, 0.05) is 12.8 Å². The maximum atomic E-state index is 12.9. The Morgan fingerprint density at radius 2 is 1.48 bits per heavy atom. The lowest BCUT2D eigenvalue weighted by Crippen LogP contribution is -2.47. The molecule has 0 unspecified atom stereocenters. The largest absolute Gasteiger partial charge is 0.546 e. The third kappa shape index (κ3) is 6.28. The van der Waals surface area contributed by atoms with Gasteiger partial charge in [-0.2, -0.15) is 0 Å². The number of methoxy groups -OCH3 is 1. The normalized spacial score (nSPS) is 19.0. The first kappa shape index (κ1) is 28.0. The average molecular weight is 469 g/mol. The Hall–Kier alpha value is -1.02. The lowest BCUT2D eigenvalue weighted by atomic mass is 10.1. The summed E-state index contributed by atoms with van der Waals surface area (Å²) in [6.07, 6.45) is 3.37. The average Bonchev–Trinajstić information content (AvgIpc) is 2.74. The molecular weight excluding hydrogens is 420 g/mol. The van der Waals surface area contributed by atoms with E-state index in [1.54, 1.807) is 0 Å². The zero-order valence-corrected chi connectivity index (χ0v) is 24.4. The van der Waals surface area contributed by atoms with Crippen molar-refractivity contribution >= 4 is 22.6 Å². The fraction of sp³-hybridized carbons (Fsp3) is 0.800. The molecule has 6 heteroatoms. The highest BCUT2D eigenvalue weighted by Crippen LogP contribution is 2.46. The molecule has 0 N–H and O–H groups in total. The minimum absolute atomic E-state index is 0.0541. The van der Waals surface area contributed by atoms with E-state index >= 15 is 0 Å². The maximum Gasteiger partial charge on any atom is 0.337 e. The van der Waals surface area contributed by atoms with Gasteiger partial charge in [0.1, 0.15) is 0 Å². The van der Waals surface area contributed by atoms with Crippen LogP contribution in [0.4, 0.5) is 0 Å². The van der Waals surface area contributed by atoms with Crippen molar-refractivity contribution in [2.75, 3.05) is 7.11 Å². The molecule has 1 aliphatic carbocycles. The SMILES string of the molecule is COC(=O)C1=C(O[Si](C)(C)C(C)(C)C)C[C@@H](C)C=C(O[Si](C(C)C)(C(C)C)C(C)C)C1. The van der Waals surface area contributed by atoms with Crippen molar-refractivity contribution in [2.45, 2.75) is 117 Å². The number of ether oxygens (including phenoxy) is 1. The van der Waals surface area contributed by atoms with E-state index in [0.29, 0.717) is 35.0 Å². The first-order valence-electron chi connectivity index (χ1n) is 11.9. The molecular formula is C25H48O4Si2. The third-order valence-corrected chi connectivity index (χ3v) is 17.7. The predicted octanol–water partition coefficient (Wildman–Crippen LogP) is 7.94. The second-order valence-corrected chi connectivity index (χ2v) is 21.8. The zero-order chi connectivity index (χ0) is 24.4. The number of carbonyl (C=O) groups excluding carboxylic acids is 1. The summed E-state index contributed by atoms with van der Waals surface area (Å²) in [5, 5.41) is 0.0541. The van der Waals surface area contributed by atoms with Crippen LogP contribution in [-0.4, -0.2) is 29.7 Å². The number of hydrogen-bond donors (Lipinski definition) is 0. The molecule has 1 rings (SSSR count). The summed E-state index contributed by atoms with van der Waals surface area (Å²) < 4.78 is 18.9. The van der Waals surface area contributed by atoms with Crippen LogP contribution in [0.5, 0.6) is 0 Å². The Labute approximate surface area is 194 Å². The molecule has 0 aromatic rings. The Balaban J connectivity index is 3.48. The second kappa shape index (κ2) is 10.3. The minimum Gasteiger partial charge on any atom is -0.546 e. The van der Waals surface area contributed by atoms with Crippen molar-refractivity contribution < 1.29 is 18.4 Å². The van der Waals surface area contributed by atoms with Gasteiger partial charge < -0.3 is 13.6 Å². The molecule has 0 spiro atoms. The smallest absolute Gasteiger partial charge is 0.337 e. The Morgan fingerprint density at radius 3 is 1.87 bits per heavy atom. The van der Waals surface area contributed by atoms with E-state index in [9.17, 15) is 4.79 Å². The summed E-state index contributed by atoms with van der Waals surface area (Å²) in [7, 11) is -2.75. The van der Waals surface area contributed by atoms with Crippen molar-refractivity contribution in [1.82, 2.24) is 0 Å². The van der Waals surface area contributed by atoms with Crippen LogP contribution in [0.1, 0.15) is 82.1 Å². The zero-order valence-electron chi connectivity index (χ0n) is 22.4. The fourth-order valence-corrected chi connectivity index (χ4v) is 11.1. The van der Waals surface area contributed by atoms with Gasteiger partial charge in [-0.15, -0.1) is 0 Å². The van der Waals surface area contributed by atoms with E-state index in [4.69, 9.17) is 13.6 Å². The monoisotopic (exact) mass is 468 g/mol. The Bertz CT molecular complexity index is 675. The Morgan fingerprint density at radius 1 is 1.00 bits per heavy atom. The van der Waals surface area contributed by atoms with Gasteiger partial charge in [0.15, 0.2) is 0 Å². The molecule has 1 atom stereocenters. The molecule has 0 radical (unpaired) electrons. The van der Waals surface area contributed by atoms with Crippen molar-refractivity contribution in [3.05, 3.63) is 23.2 Å². The van der Waals surface area contributed by atoms with Crippen LogP contribution in [0.15, 0.2) is 23.2 Å². The van der Waals surface area contributed by atoms with Gasteiger partial charge in [-0.3, -0.25) is 0 Å². The van der Waals surface area contributed by atoms with Crippen LogP contribution in [0.3, 0.4) is 0 Å². The number of allylic oxidation sites excluding steroid dienone is 3. The van der Waals surface area contributed by atoms with E-state index < -0.39 is 16.6 Å². The molecule has 0 heterocycles. The van der Waals surface area contributed by atoms with Crippen molar-refractivity contribution in [1.29, 1.82) is 0 Å². The molecule has 31 heavy (non-hydrogen) atoms. The quantitative estimate of drug-likeness (QED) is 0.268. The molecule has 0 aromatic carbocycles. The molecule has 1 aliphatic rings. The van der Waals surface area contributed by atoms with E-state index in [2.05, 4.69) is 88.4 Å². The molecule has 0 saturated carbocycles. The number of hydrogen-bond acceptors (Lipinski definition) is 4. The Kier molecular flexibility index (Phi) is 9.29. The summed E-state index contributed by atoms with van der Waals surface area (Å²) in [6.45, 7) is 27.0. The molecule has 4 nitrogen and oxygen atoms in total. The van der Waals surface area contributed by atoms with Crippen molar-refractivity contribution in [2.24, 2.45) is 5.92 Å². The van der Waals surface area contributed by atoms with Crippen LogP contribution in [0.25, 0.3) is 0 Å². The van der Waals surface area contributed by atoms with E-state index in [-0.39, 0.29) is 16.9 Å². The van der Waals surface area contributed by atoms with Gasteiger partial charge in [0.25, 0.3) is 8.32 Å². The van der Waals surface area contributed by atoms with Gasteiger partial charge in [-0.25, -0.2) is 4.79 Å². The maximum absolute atomic E-state index is 12.9. The van der Waals surface area contributed by atoms with E-state index in [1.807, 2.05) is 0 Å². The number of carbonyl (C=O) groups is 1. The highest BCUT2D eigenvalue weighted by molar-refractivity contribution is 6.78. The summed E-state index contributed by atoms with van der Waals surface area (Å²) >= 11 is 0. The fourth-order valence-electron chi connectivity index (χ4n) is 4.65. The van der Waals surface area contributed by atoms with Gasteiger partial charge in [-0.05, 0) is 46.7 Å². The number of esters is 1. The van der Waals surface area contributed by atoms with E-state index in [1.165, 1.54) is 7.11 Å². The van der Waals surface area contributed by atoms with Gasteiger partial charge >= 0.3 is 5.97 Å². The van der Waals surface area contributed by atoms with Crippen LogP contribution >= 0.6 is 0 Å². The van der Waals surface area contributed by atoms with Crippen LogP contribution in [0.2, 0.25) is 34.8 Å². The highest BCUT2D eigenvalue weighted by atomic mass is 28.4. The summed E-state index contributed by atoms with van der Waals surface area (Å²) in [5.74, 6) is 1.65. The number of rotatable bonds is 8. The molecule has 180 valence electrons. The lowest BCUT2D eigenvalue weighted by Gasteiger charge is -2.43. The third-order valence-electron chi connectivity index (χ3n) is 7.30. The van der Waals surface area contributed by atoms with Crippen LogP contribution in [-0.2, 0) is 18.4 Å². The minimum atomic E-state index is -2.12. The first-order valence-corrected chi connectivity index (χ1v) is 16.9. The molecule has 0 fully saturated rings. The molecule has 0 saturated heterocycles. The van der Waals surface area contributed by atoms with Gasteiger partial charge in [0.2, 0.25) is 8.32 Å². The second-order valence-electron chi connectivity index (χ2n) is 11.7. The van der Waals surface area contributed by atoms with Gasteiger partial charge in [-0.1, -0.05) is 69.2 Å². The summed E-state index contributed by atoms with van der Waals surface area (Å²) in [6, 6.07) is 0. The van der Waals surface area contributed by atoms with Crippen molar-refractivity contribution in [3.8, 4) is 0 Å². The van der Waals surface area contributed by atoms with Gasteiger partial charge in [0.05, 0.1) is 24.2 Å². The molecule has 0 aliphatic heterocycles. The topological polar surface area (TPSA) is 44.8 Å². The van der Waals surface area contributed by atoms with Crippen molar-refractivity contribution in [3.63, 3.8) is 0 Å². The first-order chi connectivity index (χ1) is 14.0. The molecule has 0 amide bonds. The lowest BCUT2D eigenvalue weighted by molar-refractivity contribution is -0.136.